The number of anilines is 1. The zero-order chi connectivity index (χ0) is 21.8. The lowest BCUT2D eigenvalue weighted by molar-refractivity contribution is -0.125. The first-order valence-electron chi connectivity index (χ1n) is 12.2. The second kappa shape index (κ2) is 10.3. The highest BCUT2D eigenvalue weighted by Gasteiger charge is 2.26. The molecule has 170 valence electrons. The number of nitrogens with one attached hydrogen (secondary N) is 1. The predicted molar refractivity (Wildman–Crippen MR) is 131 cm³/mol. The van der Waals surface area contributed by atoms with E-state index in [4.69, 9.17) is 4.98 Å². The van der Waals surface area contributed by atoms with Crippen molar-refractivity contribution in [3.8, 4) is 0 Å². The lowest BCUT2D eigenvalue weighted by atomic mass is 9.92. The number of carbonyl (C=O) groups excluding carboxylic acids is 1. The fourth-order valence-electron chi connectivity index (χ4n) is 5.28. The summed E-state index contributed by atoms with van der Waals surface area (Å²) in [6, 6.07) is 6.58. The van der Waals surface area contributed by atoms with Crippen LogP contribution >= 0.6 is 11.3 Å². The molecule has 5 nitrogen and oxygen atoms in total. The van der Waals surface area contributed by atoms with Crippen LogP contribution in [0.3, 0.4) is 0 Å². The molecule has 4 rings (SSSR count). The van der Waals surface area contributed by atoms with Gasteiger partial charge in [0.05, 0.1) is 10.2 Å². The molecule has 2 saturated heterocycles. The van der Waals surface area contributed by atoms with Gasteiger partial charge in [-0.15, -0.1) is 0 Å². The molecule has 2 unspecified atom stereocenters. The average molecular weight is 443 g/mol. The van der Waals surface area contributed by atoms with Gasteiger partial charge in [-0.1, -0.05) is 38.2 Å². The van der Waals surface area contributed by atoms with Crippen molar-refractivity contribution >= 4 is 32.6 Å². The summed E-state index contributed by atoms with van der Waals surface area (Å²) in [4.78, 5) is 22.4. The Labute approximate surface area is 191 Å². The predicted octanol–water partition coefficient (Wildman–Crippen LogP) is 4.56. The summed E-state index contributed by atoms with van der Waals surface area (Å²) in [7, 11) is 0. The van der Waals surface area contributed by atoms with Crippen molar-refractivity contribution in [1.29, 1.82) is 0 Å². The highest BCUT2D eigenvalue weighted by molar-refractivity contribution is 7.22. The number of benzene rings is 1. The van der Waals surface area contributed by atoms with Crippen molar-refractivity contribution in [2.75, 3.05) is 44.2 Å². The van der Waals surface area contributed by atoms with E-state index < -0.39 is 0 Å². The maximum absolute atomic E-state index is 12.7. The van der Waals surface area contributed by atoms with E-state index in [0.717, 1.165) is 74.3 Å². The molecule has 2 aromatic rings. The molecule has 1 aromatic heterocycles. The maximum Gasteiger partial charge on any atom is 0.223 e. The van der Waals surface area contributed by atoms with Crippen molar-refractivity contribution in [1.82, 2.24) is 15.2 Å². The van der Waals surface area contributed by atoms with Crippen LogP contribution in [-0.4, -0.2) is 55.1 Å². The summed E-state index contributed by atoms with van der Waals surface area (Å²) < 4.78 is 1.27. The van der Waals surface area contributed by atoms with Gasteiger partial charge in [-0.3, -0.25) is 4.79 Å². The van der Waals surface area contributed by atoms with Crippen LogP contribution in [0.15, 0.2) is 18.2 Å². The van der Waals surface area contributed by atoms with Gasteiger partial charge >= 0.3 is 0 Å². The van der Waals surface area contributed by atoms with Gasteiger partial charge in [-0.25, -0.2) is 4.98 Å². The van der Waals surface area contributed by atoms with Crippen LogP contribution in [0, 0.1) is 17.8 Å². The molecule has 3 heterocycles. The first-order valence-corrected chi connectivity index (χ1v) is 13.0. The Bertz CT molecular complexity index is 864. The number of hydrogen-bond donors (Lipinski definition) is 1. The fourth-order valence-corrected chi connectivity index (χ4v) is 6.36. The second-order valence-corrected chi connectivity index (χ2v) is 10.8. The molecule has 1 N–H and O–H groups in total. The SMILES string of the molecule is CCc1ccc2nc(N3CCC(C(=O)NCCCN4CC(C)CC(C)C4)CC3)sc2c1. The number of rotatable bonds is 7. The Balaban J connectivity index is 1.19. The van der Waals surface area contributed by atoms with Crippen LogP contribution in [0.1, 0.15) is 52.0 Å². The van der Waals surface area contributed by atoms with Crippen molar-refractivity contribution in [3.63, 3.8) is 0 Å². The zero-order valence-corrected chi connectivity index (χ0v) is 20.2. The molecule has 0 saturated carbocycles. The molecular weight excluding hydrogens is 404 g/mol. The third-order valence-corrected chi connectivity index (χ3v) is 7.96. The van der Waals surface area contributed by atoms with Crippen LogP contribution in [0.4, 0.5) is 5.13 Å². The van der Waals surface area contributed by atoms with Gasteiger partial charge in [0, 0.05) is 38.6 Å². The quantitative estimate of drug-likeness (QED) is 0.639. The number of aryl methyl sites for hydroxylation is 1. The second-order valence-electron chi connectivity index (χ2n) is 9.76. The lowest BCUT2D eigenvalue weighted by Gasteiger charge is -2.35. The van der Waals surface area contributed by atoms with Crippen molar-refractivity contribution in [2.24, 2.45) is 17.8 Å². The minimum Gasteiger partial charge on any atom is -0.356 e. The van der Waals surface area contributed by atoms with E-state index in [-0.39, 0.29) is 11.8 Å². The van der Waals surface area contributed by atoms with Gasteiger partial charge in [0.1, 0.15) is 0 Å². The van der Waals surface area contributed by atoms with Crippen LogP contribution in [-0.2, 0) is 11.2 Å². The van der Waals surface area contributed by atoms with Crippen LogP contribution in [0.5, 0.6) is 0 Å². The number of thiazole rings is 1. The number of aromatic nitrogens is 1. The van der Waals surface area contributed by atoms with Crippen LogP contribution in [0.25, 0.3) is 10.2 Å². The minimum absolute atomic E-state index is 0.146. The molecule has 2 aliphatic heterocycles. The van der Waals surface area contributed by atoms with Gasteiger partial charge in [0.15, 0.2) is 5.13 Å². The van der Waals surface area contributed by atoms with E-state index in [2.05, 4.69) is 54.1 Å². The number of amides is 1. The molecule has 0 aliphatic carbocycles. The van der Waals surface area contributed by atoms with Crippen molar-refractivity contribution < 1.29 is 4.79 Å². The summed E-state index contributed by atoms with van der Waals surface area (Å²) in [5.74, 6) is 1.99. The molecule has 0 bridgehead atoms. The number of nitrogens with zero attached hydrogens (tertiary/aromatic N) is 3. The molecule has 0 radical (unpaired) electrons. The standard InChI is InChI=1S/C25H38N4OS/c1-4-20-6-7-22-23(15-20)31-25(27-22)29-12-8-21(9-13-29)24(30)26-10-5-11-28-16-18(2)14-19(3)17-28/h6-7,15,18-19,21H,4-5,8-14,16-17H2,1-3H3,(H,26,30). The summed E-state index contributed by atoms with van der Waals surface area (Å²) in [6.07, 6.45) is 5.30. The fraction of sp³-hybridized carbons (Fsp3) is 0.680. The van der Waals surface area contributed by atoms with E-state index in [1.807, 2.05) is 0 Å². The number of fused-ring (bicyclic) bond motifs is 1. The Morgan fingerprint density at radius 3 is 2.65 bits per heavy atom. The minimum atomic E-state index is 0.146. The Hall–Kier alpha value is -1.66. The van der Waals surface area contributed by atoms with Crippen molar-refractivity contribution in [3.05, 3.63) is 23.8 Å². The Kier molecular flexibility index (Phi) is 7.49. The van der Waals surface area contributed by atoms with Gasteiger partial charge in [0.2, 0.25) is 5.91 Å². The largest absolute Gasteiger partial charge is 0.356 e. The maximum atomic E-state index is 12.7. The lowest BCUT2D eigenvalue weighted by Crippen LogP contribution is -2.42. The molecule has 6 heteroatoms. The van der Waals surface area contributed by atoms with Gasteiger partial charge < -0.3 is 15.1 Å². The topological polar surface area (TPSA) is 48.5 Å². The monoisotopic (exact) mass is 442 g/mol. The molecular formula is C25H38N4OS. The highest BCUT2D eigenvalue weighted by atomic mass is 32.1. The van der Waals surface area contributed by atoms with E-state index >= 15 is 0 Å². The third-order valence-electron chi connectivity index (χ3n) is 6.88. The number of piperidine rings is 2. The van der Waals surface area contributed by atoms with Crippen LogP contribution in [0.2, 0.25) is 0 Å². The Morgan fingerprint density at radius 1 is 1.19 bits per heavy atom. The number of likely N-dealkylation sites (tertiary alicyclic amines) is 1. The highest BCUT2D eigenvalue weighted by Crippen LogP contribution is 2.32. The van der Waals surface area contributed by atoms with Gasteiger partial charge in [-0.2, -0.15) is 0 Å². The van der Waals surface area contributed by atoms with Gasteiger partial charge in [0.25, 0.3) is 0 Å². The summed E-state index contributed by atoms with van der Waals surface area (Å²) in [5.41, 5.74) is 2.46. The average Bonchev–Trinajstić information content (AvgIpc) is 3.19. The number of hydrogen-bond acceptors (Lipinski definition) is 5. The van der Waals surface area contributed by atoms with Gasteiger partial charge in [-0.05, 0) is 68.2 Å². The third kappa shape index (κ3) is 5.78. The molecule has 2 aliphatic rings. The molecule has 0 spiro atoms. The summed E-state index contributed by atoms with van der Waals surface area (Å²) in [5, 5.41) is 4.31. The molecule has 1 amide bonds. The van der Waals surface area contributed by atoms with E-state index in [1.54, 1.807) is 11.3 Å². The van der Waals surface area contributed by atoms with Crippen LogP contribution < -0.4 is 10.2 Å². The van der Waals surface area contributed by atoms with E-state index in [0.29, 0.717) is 0 Å². The molecule has 1 aromatic carbocycles. The smallest absolute Gasteiger partial charge is 0.223 e. The summed E-state index contributed by atoms with van der Waals surface area (Å²) in [6.45, 7) is 13.1. The van der Waals surface area contributed by atoms with E-state index in [1.165, 1.54) is 29.8 Å². The first-order chi connectivity index (χ1) is 15.0. The zero-order valence-electron chi connectivity index (χ0n) is 19.4. The summed E-state index contributed by atoms with van der Waals surface area (Å²) >= 11 is 1.78. The van der Waals surface area contributed by atoms with Crippen molar-refractivity contribution in [2.45, 2.75) is 52.9 Å². The normalized spacial score (nSPS) is 23.4. The van der Waals surface area contributed by atoms with E-state index in [9.17, 15) is 4.79 Å². The molecule has 31 heavy (non-hydrogen) atoms. The first kappa shape index (κ1) is 22.5. The number of carbonyl (C=O) groups is 1. The molecule has 2 fully saturated rings. The molecule has 2 atom stereocenters. The Morgan fingerprint density at radius 2 is 1.94 bits per heavy atom.